The zero-order valence-electron chi connectivity index (χ0n) is 12.5. The molecule has 1 fully saturated rings. The number of piperazine rings is 1. The van der Waals surface area contributed by atoms with Gasteiger partial charge in [0.25, 0.3) is 10.1 Å². The molecule has 1 aliphatic rings. The fourth-order valence-electron chi connectivity index (χ4n) is 2.45. The first-order valence-corrected chi connectivity index (χ1v) is 10.6. The zero-order valence-corrected chi connectivity index (χ0v) is 14.1. The number of sulfone groups is 1. The van der Waals surface area contributed by atoms with Crippen LogP contribution in [-0.4, -0.2) is 111 Å². The molecule has 0 bridgehead atoms. The van der Waals surface area contributed by atoms with Gasteiger partial charge in [0.1, 0.15) is 15.6 Å². The van der Waals surface area contributed by atoms with Crippen molar-refractivity contribution in [3.63, 3.8) is 0 Å². The van der Waals surface area contributed by atoms with Crippen molar-refractivity contribution < 1.29 is 31.6 Å². The highest BCUT2D eigenvalue weighted by Gasteiger charge is 2.23. The van der Waals surface area contributed by atoms with Crippen molar-refractivity contribution in [1.82, 2.24) is 9.80 Å². The Morgan fingerprint density at radius 2 is 1.23 bits per heavy atom. The summed E-state index contributed by atoms with van der Waals surface area (Å²) in [6, 6.07) is 0. The smallest absolute Gasteiger partial charge is 0.267 e. The fraction of sp³-hybridized carbons (Fsp3) is 1.00. The van der Waals surface area contributed by atoms with Gasteiger partial charge in [0.2, 0.25) is 0 Å². The normalized spacial score (nSPS) is 21.6. The molecule has 0 spiro atoms. The summed E-state index contributed by atoms with van der Waals surface area (Å²) in [7, 11) is -7.41. The molecule has 11 heteroatoms. The topological polar surface area (TPSA) is 135 Å². The largest absolute Gasteiger partial charge is 0.391 e. The summed E-state index contributed by atoms with van der Waals surface area (Å²) in [5.74, 6) is -0.972. The van der Waals surface area contributed by atoms with Crippen LogP contribution in [-0.2, 0) is 20.0 Å². The maximum atomic E-state index is 11.1. The summed E-state index contributed by atoms with van der Waals surface area (Å²) in [5.41, 5.74) is 0. The highest BCUT2D eigenvalue weighted by atomic mass is 32.2. The van der Waals surface area contributed by atoms with Crippen molar-refractivity contribution in [1.29, 1.82) is 0 Å². The predicted octanol–water partition coefficient (Wildman–Crippen LogP) is -2.74. The molecule has 0 aliphatic carbocycles. The Labute approximate surface area is 131 Å². The Balaban J connectivity index is 2.31. The first-order chi connectivity index (χ1) is 9.94. The molecular weight excluding hydrogens is 336 g/mol. The zero-order chi connectivity index (χ0) is 17.0. The van der Waals surface area contributed by atoms with Crippen LogP contribution in [0.1, 0.15) is 0 Å². The molecule has 0 radical (unpaired) electrons. The van der Waals surface area contributed by atoms with Gasteiger partial charge in [-0.15, -0.1) is 0 Å². The molecule has 0 amide bonds. The van der Waals surface area contributed by atoms with E-state index in [1.807, 2.05) is 9.80 Å². The van der Waals surface area contributed by atoms with Crippen molar-refractivity contribution in [2.45, 2.75) is 12.2 Å². The van der Waals surface area contributed by atoms with Crippen LogP contribution in [0.25, 0.3) is 0 Å². The summed E-state index contributed by atoms with van der Waals surface area (Å²) < 4.78 is 52.2. The number of hydrogen-bond acceptors (Lipinski definition) is 8. The number of nitrogens with zero attached hydrogens (tertiary/aromatic N) is 2. The van der Waals surface area contributed by atoms with Crippen LogP contribution in [0.3, 0.4) is 0 Å². The minimum atomic E-state index is -4.20. The molecule has 132 valence electrons. The fourth-order valence-corrected chi connectivity index (χ4v) is 3.84. The average Bonchev–Trinajstić information content (AvgIpc) is 2.26. The maximum absolute atomic E-state index is 11.1. The van der Waals surface area contributed by atoms with Crippen LogP contribution in [0, 0.1) is 0 Å². The van der Waals surface area contributed by atoms with Crippen LogP contribution >= 0.6 is 0 Å². The number of β-amino-alcohol motifs (C(OH)–C–C–N with tert-alkyl or cyclic N) is 2. The standard InChI is InChI=1S/C11H24N2O7S2/c1-21(16,17)8-10(14)6-12-2-4-13(5-3-12)7-11(15)9-22(18,19)20/h10-11,14-15H,2-9H2,1H3,(H,18,19,20)/t10-,11+/m1/s1. The van der Waals surface area contributed by atoms with Gasteiger partial charge in [-0.05, 0) is 0 Å². The lowest BCUT2D eigenvalue weighted by Crippen LogP contribution is -2.51. The Morgan fingerprint density at radius 3 is 1.55 bits per heavy atom. The molecule has 1 rings (SSSR count). The van der Waals surface area contributed by atoms with Gasteiger partial charge in [0.05, 0.1) is 18.0 Å². The molecule has 9 nitrogen and oxygen atoms in total. The van der Waals surface area contributed by atoms with Gasteiger partial charge in [-0.1, -0.05) is 0 Å². The summed E-state index contributed by atoms with van der Waals surface area (Å²) >= 11 is 0. The van der Waals surface area contributed by atoms with E-state index < -0.39 is 37.9 Å². The van der Waals surface area contributed by atoms with E-state index in [0.717, 1.165) is 6.26 Å². The third-order valence-electron chi connectivity index (χ3n) is 3.30. The van der Waals surface area contributed by atoms with Crippen LogP contribution in [0.15, 0.2) is 0 Å². The first-order valence-electron chi connectivity index (χ1n) is 6.88. The Hall–Kier alpha value is -0.300. The highest BCUT2D eigenvalue weighted by molar-refractivity contribution is 7.90. The molecule has 3 N–H and O–H groups in total. The second-order valence-corrected chi connectivity index (χ2v) is 9.43. The molecule has 0 unspecified atom stereocenters. The third kappa shape index (κ3) is 8.98. The van der Waals surface area contributed by atoms with Crippen LogP contribution < -0.4 is 0 Å². The lowest BCUT2D eigenvalue weighted by Gasteiger charge is -2.36. The van der Waals surface area contributed by atoms with E-state index in [9.17, 15) is 27.0 Å². The van der Waals surface area contributed by atoms with E-state index in [2.05, 4.69) is 0 Å². The van der Waals surface area contributed by atoms with E-state index >= 15 is 0 Å². The van der Waals surface area contributed by atoms with Gasteiger partial charge in [0, 0.05) is 45.5 Å². The molecule has 0 aromatic carbocycles. The minimum Gasteiger partial charge on any atom is -0.391 e. The van der Waals surface area contributed by atoms with E-state index in [-0.39, 0.29) is 18.8 Å². The molecule has 1 aliphatic heterocycles. The summed E-state index contributed by atoms with van der Waals surface area (Å²) in [6.07, 6.45) is -1.02. The molecule has 22 heavy (non-hydrogen) atoms. The Morgan fingerprint density at radius 1 is 0.864 bits per heavy atom. The van der Waals surface area contributed by atoms with Crippen molar-refractivity contribution in [2.24, 2.45) is 0 Å². The quantitative estimate of drug-likeness (QED) is 0.394. The molecule has 1 heterocycles. The van der Waals surface area contributed by atoms with E-state index in [0.29, 0.717) is 26.2 Å². The summed E-state index contributed by atoms with van der Waals surface area (Å²) in [6.45, 7) is 2.69. The van der Waals surface area contributed by atoms with Gasteiger partial charge >= 0.3 is 0 Å². The average molecular weight is 360 g/mol. The van der Waals surface area contributed by atoms with Crippen LogP contribution in [0.4, 0.5) is 0 Å². The van der Waals surface area contributed by atoms with Gasteiger partial charge in [-0.3, -0.25) is 14.4 Å². The van der Waals surface area contributed by atoms with Crippen molar-refractivity contribution in [2.75, 3.05) is 57.0 Å². The molecule has 0 aromatic heterocycles. The number of aliphatic hydroxyl groups is 2. The van der Waals surface area contributed by atoms with E-state index in [1.54, 1.807) is 0 Å². The molecule has 1 saturated heterocycles. The van der Waals surface area contributed by atoms with Crippen LogP contribution in [0.5, 0.6) is 0 Å². The van der Waals surface area contributed by atoms with Gasteiger partial charge in [-0.25, -0.2) is 8.42 Å². The highest BCUT2D eigenvalue weighted by Crippen LogP contribution is 2.05. The molecular formula is C11H24N2O7S2. The lowest BCUT2D eigenvalue weighted by atomic mass is 10.2. The SMILES string of the molecule is CS(=O)(=O)C[C@H](O)CN1CCN(C[C@H](O)CS(=O)(=O)O)CC1. The Kier molecular flexibility index (Phi) is 7.18. The van der Waals surface area contributed by atoms with Gasteiger partial charge < -0.3 is 10.2 Å². The molecule has 0 aromatic rings. The number of aliphatic hydroxyl groups excluding tert-OH is 2. The van der Waals surface area contributed by atoms with E-state index in [1.165, 1.54) is 0 Å². The molecule has 2 atom stereocenters. The first kappa shape index (κ1) is 19.7. The second kappa shape index (κ2) is 7.99. The second-order valence-electron chi connectivity index (χ2n) is 5.75. The number of hydrogen-bond donors (Lipinski definition) is 3. The predicted molar refractivity (Wildman–Crippen MR) is 81.0 cm³/mol. The monoisotopic (exact) mass is 360 g/mol. The van der Waals surface area contributed by atoms with Gasteiger partial charge in [0.15, 0.2) is 0 Å². The molecule has 0 saturated carbocycles. The van der Waals surface area contributed by atoms with Crippen LogP contribution in [0.2, 0.25) is 0 Å². The summed E-state index contributed by atoms with van der Waals surface area (Å²) in [4.78, 5) is 3.77. The maximum Gasteiger partial charge on any atom is 0.267 e. The number of rotatable bonds is 8. The Bertz CT molecular complexity index is 491. The third-order valence-corrected chi connectivity index (χ3v) is 5.10. The van der Waals surface area contributed by atoms with Crippen molar-refractivity contribution in [3.8, 4) is 0 Å². The lowest BCUT2D eigenvalue weighted by molar-refractivity contribution is 0.0586. The minimum absolute atomic E-state index is 0.138. The van der Waals surface area contributed by atoms with Crippen molar-refractivity contribution >= 4 is 20.0 Å². The van der Waals surface area contributed by atoms with E-state index in [4.69, 9.17) is 4.55 Å². The summed E-state index contributed by atoms with van der Waals surface area (Å²) in [5, 5.41) is 19.3. The van der Waals surface area contributed by atoms with Gasteiger partial charge in [-0.2, -0.15) is 8.42 Å². The van der Waals surface area contributed by atoms with Crippen molar-refractivity contribution in [3.05, 3.63) is 0 Å².